The zero-order valence-electron chi connectivity index (χ0n) is 8.59. The Morgan fingerprint density at radius 3 is 3.00 bits per heavy atom. The van der Waals surface area contributed by atoms with Crippen molar-refractivity contribution in [2.45, 2.75) is 0 Å². The highest BCUT2D eigenvalue weighted by molar-refractivity contribution is 5.60. The van der Waals surface area contributed by atoms with Gasteiger partial charge in [0.2, 0.25) is 5.78 Å². The van der Waals surface area contributed by atoms with Crippen LogP contribution in [0.3, 0.4) is 0 Å². The van der Waals surface area contributed by atoms with Gasteiger partial charge in [-0.25, -0.2) is 4.39 Å². The zero-order chi connectivity index (χ0) is 11.8. The third-order valence-electron chi connectivity index (χ3n) is 2.41. The average molecular weight is 230 g/mol. The van der Waals surface area contributed by atoms with Crippen molar-refractivity contribution >= 4 is 5.78 Å². The number of rotatable bonds is 1. The second-order valence-corrected chi connectivity index (χ2v) is 3.53. The van der Waals surface area contributed by atoms with Crippen molar-refractivity contribution in [2.75, 3.05) is 0 Å². The van der Waals surface area contributed by atoms with Gasteiger partial charge in [-0.1, -0.05) is 12.1 Å². The monoisotopic (exact) mass is 230 g/mol. The molecule has 3 aromatic rings. The first-order valence-corrected chi connectivity index (χ1v) is 4.93. The highest BCUT2D eigenvalue weighted by atomic mass is 19.1. The fraction of sp³-hybridized carbons (Fsp3) is 0. The van der Waals surface area contributed by atoms with Crippen molar-refractivity contribution in [2.24, 2.45) is 0 Å². The molecule has 0 saturated heterocycles. The molecular formula is C11H7FN4O. The smallest absolute Gasteiger partial charge is 0.276 e. The van der Waals surface area contributed by atoms with Crippen molar-refractivity contribution in [1.82, 2.24) is 19.6 Å². The standard InChI is InChI=1S/C11H7FN4O/c12-8-3-1-2-7(4-8)9-5-10(17)16-11(15-9)13-6-14-16/h1-6H,(H,13,14,15). The molecule has 0 atom stereocenters. The third-order valence-corrected chi connectivity index (χ3v) is 2.41. The molecule has 6 heteroatoms. The predicted octanol–water partition coefficient (Wildman–Crippen LogP) is 1.22. The van der Waals surface area contributed by atoms with Crippen molar-refractivity contribution in [1.29, 1.82) is 0 Å². The number of nitrogens with one attached hydrogen (secondary N) is 1. The summed E-state index contributed by atoms with van der Waals surface area (Å²) in [6.07, 6.45) is 1.28. The summed E-state index contributed by atoms with van der Waals surface area (Å²) in [7, 11) is 0. The van der Waals surface area contributed by atoms with Crippen LogP contribution in [0.15, 0.2) is 41.5 Å². The van der Waals surface area contributed by atoms with E-state index in [1.54, 1.807) is 12.1 Å². The molecule has 1 aromatic carbocycles. The number of aromatic nitrogens is 4. The maximum Gasteiger partial charge on any atom is 0.276 e. The van der Waals surface area contributed by atoms with Crippen molar-refractivity contribution in [3.8, 4) is 11.3 Å². The number of hydrogen-bond donors (Lipinski definition) is 1. The van der Waals surface area contributed by atoms with Gasteiger partial charge in [0.15, 0.2) is 0 Å². The van der Waals surface area contributed by atoms with Crippen LogP contribution in [0, 0.1) is 5.82 Å². The average Bonchev–Trinajstić information content (AvgIpc) is 2.77. The molecule has 2 heterocycles. The minimum Gasteiger partial charge on any atom is -0.323 e. The SMILES string of the molecule is O=c1cc(-c2cccc(F)c2)[nH]c2ncnn12. The molecule has 84 valence electrons. The molecule has 0 unspecified atom stereocenters. The van der Waals surface area contributed by atoms with Gasteiger partial charge in [-0.2, -0.15) is 14.6 Å². The lowest BCUT2D eigenvalue weighted by atomic mass is 10.1. The number of H-pyrrole nitrogens is 1. The molecule has 3 rings (SSSR count). The van der Waals surface area contributed by atoms with Gasteiger partial charge in [0.25, 0.3) is 5.56 Å². The molecule has 0 radical (unpaired) electrons. The quantitative estimate of drug-likeness (QED) is 0.683. The van der Waals surface area contributed by atoms with E-state index < -0.39 is 0 Å². The van der Waals surface area contributed by atoms with Crippen LogP contribution in [0.5, 0.6) is 0 Å². The lowest BCUT2D eigenvalue weighted by Gasteiger charge is -2.01. The summed E-state index contributed by atoms with van der Waals surface area (Å²) < 4.78 is 14.2. The summed E-state index contributed by atoms with van der Waals surface area (Å²) >= 11 is 0. The third kappa shape index (κ3) is 1.59. The van der Waals surface area contributed by atoms with Crippen molar-refractivity contribution in [3.05, 3.63) is 52.8 Å². The molecule has 0 aliphatic heterocycles. The highest BCUT2D eigenvalue weighted by Gasteiger charge is 2.05. The Kier molecular flexibility index (Phi) is 2.01. The van der Waals surface area contributed by atoms with Crippen LogP contribution in [0.25, 0.3) is 17.0 Å². The maximum absolute atomic E-state index is 13.1. The summed E-state index contributed by atoms with van der Waals surface area (Å²) in [4.78, 5) is 18.5. The number of nitrogens with zero attached hydrogens (tertiary/aromatic N) is 3. The van der Waals surface area contributed by atoms with E-state index in [1.807, 2.05) is 0 Å². The van der Waals surface area contributed by atoms with E-state index in [-0.39, 0.29) is 11.4 Å². The zero-order valence-corrected chi connectivity index (χ0v) is 8.59. The molecule has 2 aromatic heterocycles. The Hall–Kier alpha value is -2.50. The topological polar surface area (TPSA) is 63.0 Å². The molecule has 17 heavy (non-hydrogen) atoms. The number of aromatic amines is 1. The van der Waals surface area contributed by atoms with E-state index in [0.29, 0.717) is 17.0 Å². The predicted molar refractivity (Wildman–Crippen MR) is 59.0 cm³/mol. The fourth-order valence-electron chi connectivity index (χ4n) is 1.64. The van der Waals surface area contributed by atoms with Gasteiger partial charge in [-0.15, -0.1) is 0 Å². The van der Waals surface area contributed by atoms with Crippen LogP contribution in [0.4, 0.5) is 4.39 Å². The van der Waals surface area contributed by atoms with E-state index in [2.05, 4.69) is 15.1 Å². The van der Waals surface area contributed by atoms with Gasteiger partial charge >= 0.3 is 0 Å². The lowest BCUT2D eigenvalue weighted by Crippen LogP contribution is -2.14. The molecule has 5 nitrogen and oxygen atoms in total. The summed E-state index contributed by atoms with van der Waals surface area (Å²) in [6.45, 7) is 0. The lowest BCUT2D eigenvalue weighted by molar-refractivity contribution is 0.628. The minimum absolute atomic E-state index is 0.310. The first-order chi connectivity index (χ1) is 8.24. The summed E-state index contributed by atoms with van der Waals surface area (Å²) in [6, 6.07) is 7.34. The van der Waals surface area contributed by atoms with E-state index >= 15 is 0 Å². The Bertz CT molecular complexity index is 746. The molecular weight excluding hydrogens is 223 g/mol. The molecule has 0 aliphatic rings. The summed E-state index contributed by atoms with van der Waals surface area (Å²) in [5.74, 6) is -0.0264. The van der Waals surface area contributed by atoms with Gasteiger partial charge < -0.3 is 4.98 Å². The number of hydrogen-bond acceptors (Lipinski definition) is 3. The minimum atomic E-state index is -0.357. The summed E-state index contributed by atoms with van der Waals surface area (Å²) in [5.41, 5.74) is 0.790. The van der Waals surface area contributed by atoms with Crippen LogP contribution in [-0.4, -0.2) is 19.6 Å². The molecule has 0 spiro atoms. The van der Waals surface area contributed by atoms with Gasteiger partial charge in [-0.05, 0) is 12.1 Å². The van der Waals surface area contributed by atoms with Gasteiger partial charge in [-0.3, -0.25) is 4.79 Å². The Morgan fingerprint density at radius 1 is 1.29 bits per heavy atom. The van der Waals surface area contributed by atoms with Gasteiger partial charge in [0, 0.05) is 11.6 Å². The second-order valence-electron chi connectivity index (χ2n) is 3.53. The van der Waals surface area contributed by atoms with Crippen LogP contribution in [-0.2, 0) is 0 Å². The van der Waals surface area contributed by atoms with E-state index in [4.69, 9.17) is 0 Å². The fourth-order valence-corrected chi connectivity index (χ4v) is 1.64. The van der Waals surface area contributed by atoms with Crippen LogP contribution in [0.1, 0.15) is 0 Å². The number of fused-ring (bicyclic) bond motifs is 1. The van der Waals surface area contributed by atoms with Crippen LogP contribution >= 0.6 is 0 Å². The maximum atomic E-state index is 13.1. The van der Waals surface area contributed by atoms with E-state index in [0.717, 1.165) is 4.52 Å². The normalized spacial score (nSPS) is 10.9. The van der Waals surface area contributed by atoms with Crippen LogP contribution in [0.2, 0.25) is 0 Å². The largest absolute Gasteiger partial charge is 0.323 e. The second kappa shape index (κ2) is 3.51. The molecule has 1 N–H and O–H groups in total. The first kappa shape index (κ1) is 9.71. The number of benzene rings is 1. The highest BCUT2D eigenvalue weighted by Crippen LogP contribution is 2.16. The Labute approximate surface area is 94.6 Å². The molecule has 0 fully saturated rings. The summed E-state index contributed by atoms with van der Waals surface area (Å²) in [5, 5.41) is 3.76. The van der Waals surface area contributed by atoms with Crippen molar-refractivity contribution in [3.63, 3.8) is 0 Å². The van der Waals surface area contributed by atoms with E-state index in [9.17, 15) is 9.18 Å². The van der Waals surface area contributed by atoms with Crippen molar-refractivity contribution < 1.29 is 4.39 Å². The molecule has 0 saturated carbocycles. The molecule has 0 aliphatic carbocycles. The Morgan fingerprint density at radius 2 is 2.18 bits per heavy atom. The number of halogens is 1. The van der Waals surface area contributed by atoms with Crippen LogP contribution < -0.4 is 5.56 Å². The molecule has 0 amide bonds. The van der Waals surface area contributed by atoms with E-state index in [1.165, 1.54) is 24.5 Å². The van der Waals surface area contributed by atoms with Gasteiger partial charge in [0.1, 0.15) is 12.1 Å². The first-order valence-electron chi connectivity index (χ1n) is 4.93. The Balaban J connectivity index is 2.27. The van der Waals surface area contributed by atoms with Gasteiger partial charge in [0.05, 0.1) is 5.69 Å². The molecule has 0 bridgehead atoms.